The molecule has 0 fully saturated rings. The number of non-ortho nitro benzene ring substituents is 1. The molecule has 0 bridgehead atoms. The van der Waals surface area contributed by atoms with Crippen LogP contribution in [-0.4, -0.2) is 25.6 Å². The number of carbonyl (C=O) groups is 1. The van der Waals surface area contributed by atoms with Gasteiger partial charge in [0.15, 0.2) is 0 Å². The summed E-state index contributed by atoms with van der Waals surface area (Å²) in [6, 6.07) is 15.2. The predicted octanol–water partition coefficient (Wildman–Crippen LogP) is 3.55. The van der Waals surface area contributed by atoms with Crippen LogP contribution >= 0.6 is 0 Å². The molecule has 0 unspecified atom stereocenters. The van der Waals surface area contributed by atoms with Gasteiger partial charge in [-0.3, -0.25) is 14.9 Å². The van der Waals surface area contributed by atoms with E-state index in [1.54, 1.807) is 11.5 Å². The molecule has 0 saturated heterocycles. The minimum absolute atomic E-state index is 0.0151. The molecule has 140 valence electrons. The summed E-state index contributed by atoms with van der Waals surface area (Å²) in [7, 11) is 0. The van der Waals surface area contributed by atoms with Crippen molar-refractivity contribution in [2.75, 3.05) is 5.32 Å². The summed E-state index contributed by atoms with van der Waals surface area (Å²) < 4.78 is 7.33. The normalized spacial score (nSPS) is 10.9. The number of nitro benzene ring substituents is 1. The Bertz CT molecular complexity index is 1180. The number of benzene rings is 2. The number of carbonyl (C=O) groups excluding carboxylic acids is 1. The molecule has 4 rings (SSSR count). The number of amides is 1. The number of hydrogen-bond acceptors (Lipinski definition) is 6. The number of rotatable bonds is 5. The van der Waals surface area contributed by atoms with Crippen LogP contribution in [0.5, 0.6) is 0 Å². The second-order valence-corrected chi connectivity index (χ2v) is 6.15. The Morgan fingerprint density at radius 3 is 2.61 bits per heavy atom. The summed E-state index contributed by atoms with van der Waals surface area (Å²) in [4.78, 5) is 22.8. The molecule has 28 heavy (non-hydrogen) atoms. The largest absolute Gasteiger partial charge is 0.420 e. The van der Waals surface area contributed by atoms with Gasteiger partial charge in [0.2, 0.25) is 11.8 Å². The van der Waals surface area contributed by atoms with E-state index in [0.29, 0.717) is 23.2 Å². The van der Waals surface area contributed by atoms with Crippen molar-refractivity contribution in [1.82, 2.24) is 14.8 Å². The Kier molecular flexibility index (Phi) is 4.32. The van der Waals surface area contributed by atoms with E-state index < -0.39 is 4.92 Å². The Morgan fingerprint density at radius 1 is 1.18 bits per heavy atom. The van der Waals surface area contributed by atoms with Gasteiger partial charge in [-0.15, -0.1) is 10.2 Å². The zero-order chi connectivity index (χ0) is 19.7. The third kappa shape index (κ3) is 3.32. The van der Waals surface area contributed by atoms with Crippen molar-refractivity contribution in [3.8, 4) is 11.6 Å². The number of para-hydroxylation sites is 1. The van der Waals surface area contributed by atoms with E-state index in [-0.39, 0.29) is 18.1 Å². The van der Waals surface area contributed by atoms with E-state index in [0.717, 1.165) is 10.9 Å². The second-order valence-electron chi connectivity index (χ2n) is 6.15. The highest BCUT2D eigenvalue weighted by Crippen LogP contribution is 2.27. The molecule has 4 aromatic rings. The molecular formula is C19H15N5O4. The van der Waals surface area contributed by atoms with Gasteiger partial charge in [-0.25, -0.2) is 0 Å². The third-order valence-corrected chi connectivity index (χ3v) is 4.22. The fraction of sp³-hybridized carbons (Fsp3) is 0.105. The maximum Gasteiger partial charge on any atom is 0.269 e. The van der Waals surface area contributed by atoms with Crippen LogP contribution in [0, 0.1) is 17.0 Å². The van der Waals surface area contributed by atoms with Crippen molar-refractivity contribution >= 4 is 28.2 Å². The average molecular weight is 377 g/mol. The van der Waals surface area contributed by atoms with E-state index in [1.807, 2.05) is 30.3 Å². The van der Waals surface area contributed by atoms with Crippen LogP contribution in [-0.2, 0) is 11.3 Å². The van der Waals surface area contributed by atoms with Crippen LogP contribution in [0.3, 0.4) is 0 Å². The quantitative estimate of drug-likeness (QED) is 0.420. The van der Waals surface area contributed by atoms with E-state index in [2.05, 4.69) is 15.5 Å². The smallest absolute Gasteiger partial charge is 0.269 e. The number of nitro groups is 1. The van der Waals surface area contributed by atoms with Crippen LogP contribution in [0.25, 0.3) is 22.5 Å². The highest BCUT2D eigenvalue weighted by molar-refractivity contribution is 5.93. The summed E-state index contributed by atoms with van der Waals surface area (Å²) in [5.41, 5.74) is 1.93. The summed E-state index contributed by atoms with van der Waals surface area (Å²) in [5, 5.41) is 22.3. The van der Waals surface area contributed by atoms with E-state index in [1.165, 1.54) is 24.3 Å². The Labute approximate surface area is 158 Å². The SMILES string of the molecule is Cc1nnc(-c2cc3ccccc3n2CC(=O)Nc2ccc([N+](=O)[O-])cc2)o1. The van der Waals surface area contributed by atoms with Crippen LogP contribution in [0.2, 0.25) is 0 Å². The van der Waals surface area contributed by atoms with Gasteiger partial charge in [0, 0.05) is 35.6 Å². The minimum Gasteiger partial charge on any atom is -0.420 e. The van der Waals surface area contributed by atoms with Gasteiger partial charge < -0.3 is 14.3 Å². The molecule has 2 heterocycles. The molecule has 9 heteroatoms. The first-order chi connectivity index (χ1) is 13.5. The maximum atomic E-state index is 12.6. The Hall–Kier alpha value is -4.01. The van der Waals surface area contributed by atoms with Gasteiger partial charge in [-0.05, 0) is 24.3 Å². The Balaban J connectivity index is 1.63. The number of fused-ring (bicyclic) bond motifs is 1. The van der Waals surface area contributed by atoms with Crippen molar-refractivity contribution < 1.29 is 14.1 Å². The number of aromatic nitrogens is 3. The summed E-state index contributed by atoms with van der Waals surface area (Å²) >= 11 is 0. The molecule has 0 saturated carbocycles. The van der Waals surface area contributed by atoms with Gasteiger partial charge in [0.05, 0.1) is 4.92 Å². The molecule has 0 aliphatic carbocycles. The number of nitrogens with zero attached hydrogens (tertiary/aromatic N) is 4. The molecular weight excluding hydrogens is 362 g/mol. The lowest BCUT2D eigenvalue weighted by Gasteiger charge is -2.09. The molecule has 0 atom stereocenters. The van der Waals surface area contributed by atoms with E-state index in [9.17, 15) is 14.9 Å². The van der Waals surface area contributed by atoms with E-state index >= 15 is 0 Å². The molecule has 9 nitrogen and oxygen atoms in total. The number of aryl methyl sites for hydroxylation is 1. The van der Waals surface area contributed by atoms with Crippen molar-refractivity contribution in [2.24, 2.45) is 0 Å². The van der Waals surface area contributed by atoms with Gasteiger partial charge in [0.25, 0.3) is 11.6 Å². The van der Waals surface area contributed by atoms with Crippen LogP contribution in [0.4, 0.5) is 11.4 Å². The second kappa shape index (κ2) is 6.95. The number of hydrogen-bond donors (Lipinski definition) is 1. The highest BCUT2D eigenvalue weighted by Gasteiger charge is 2.17. The zero-order valence-electron chi connectivity index (χ0n) is 14.8. The first-order valence-electron chi connectivity index (χ1n) is 8.44. The fourth-order valence-electron chi connectivity index (χ4n) is 2.97. The molecule has 2 aromatic heterocycles. The maximum absolute atomic E-state index is 12.6. The summed E-state index contributed by atoms with van der Waals surface area (Å²) in [6.07, 6.45) is 0. The lowest BCUT2D eigenvalue weighted by atomic mass is 10.2. The summed E-state index contributed by atoms with van der Waals surface area (Å²) in [5.74, 6) is 0.478. The average Bonchev–Trinajstić information content (AvgIpc) is 3.26. The standard InChI is InChI=1S/C19H15N5O4/c1-12-21-22-19(28-12)17-10-13-4-2-3-5-16(13)23(17)11-18(25)20-14-6-8-15(9-7-14)24(26)27/h2-10H,11H2,1H3,(H,20,25). The highest BCUT2D eigenvalue weighted by atomic mass is 16.6. The van der Waals surface area contributed by atoms with Crippen molar-refractivity contribution in [3.05, 3.63) is 70.6 Å². The van der Waals surface area contributed by atoms with Crippen LogP contribution < -0.4 is 5.32 Å². The molecule has 0 spiro atoms. The fourth-order valence-corrected chi connectivity index (χ4v) is 2.97. The van der Waals surface area contributed by atoms with Crippen molar-refractivity contribution in [2.45, 2.75) is 13.5 Å². The topological polar surface area (TPSA) is 116 Å². The van der Waals surface area contributed by atoms with Crippen LogP contribution in [0.1, 0.15) is 5.89 Å². The molecule has 1 N–H and O–H groups in total. The molecule has 2 aromatic carbocycles. The van der Waals surface area contributed by atoms with Gasteiger partial charge in [0.1, 0.15) is 12.2 Å². The number of anilines is 1. The Morgan fingerprint density at radius 2 is 1.93 bits per heavy atom. The predicted molar refractivity (Wildman–Crippen MR) is 102 cm³/mol. The molecule has 0 radical (unpaired) electrons. The molecule has 1 amide bonds. The third-order valence-electron chi connectivity index (χ3n) is 4.22. The van der Waals surface area contributed by atoms with Crippen molar-refractivity contribution in [3.63, 3.8) is 0 Å². The molecule has 0 aliphatic heterocycles. The van der Waals surface area contributed by atoms with Crippen LogP contribution in [0.15, 0.2) is 59.0 Å². The first kappa shape index (κ1) is 17.4. The lowest BCUT2D eigenvalue weighted by Crippen LogP contribution is -2.19. The molecule has 0 aliphatic rings. The first-order valence-corrected chi connectivity index (χ1v) is 8.44. The van der Waals surface area contributed by atoms with Crippen molar-refractivity contribution in [1.29, 1.82) is 0 Å². The van der Waals surface area contributed by atoms with E-state index in [4.69, 9.17) is 4.42 Å². The number of nitrogens with one attached hydrogen (secondary N) is 1. The minimum atomic E-state index is -0.490. The van der Waals surface area contributed by atoms with Gasteiger partial charge >= 0.3 is 0 Å². The zero-order valence-corrected chi connectivity index (χ0v) is 14.8. The van der Waals surface area contributed by atoms with Gasteiger partial charge in [-0.1, -0.05) is 18.2 Å². The summed E-state index contributed by atoms with van der Waals surface area (Å²) in [6.45, 7) is 1.71. The van der Waals surface area contributed by atoms with Gasteiger partial charge in [-0.2, -0.15) is 0 Å². The lowest BCUT2D eigenvalue weighted by molar-refractivity contribution is -0.384. The monoisotopic (exact) mass is 377 g/mol.